The van der Waals surface area contributed by atoms with E-state index < -0.39 is 0 Å². The van der Waals surface area contributed by atoms with Crippen LogP contribution in [0.3, 0.4) is 0 Å². The lowest BCUT2D eigenvalue weighted by Crippen LogP contribution is -2.13. The first kappa shape index (κ1) is 12.3. The smallest absolute Gasteiger partial charge is 0.240 e. The molecule has 0 amide bonds. The predicted octanol–water partition coefficient (Wildman–Crippen LogP) is 1.69. The topological polar surface area (TPSA) is 51.0 Å². The molecule has 0 aliphatic rings. The molecule has 0 saturated heterocycles. The van der Waals surface area contributed by atoms with Gasteiger partial charge in [0.15, 0.2) is 5.82 Å². The van der Waals surface area contributed by atoms with Crippen LogP contribution < -0.4 is 5.32 Å². The van der Waals surface area contributed by atoms with Gasteiger partial charge in [-0.1, -0.05) is 40.9 Å². The van der Waals surface area contributed by atoms with Gasteiger partial charge in [-0.05, 0) is 12.5 Å². The van der Waals surface area contributed by atoms with Gasteiger partial charge in [0.2, 0.25) is 5.89 Å². The quantitative estimate of drug-likeness (QED) is 0.639. The molecule has 1 aromatic heterocycles. The summed E-state index contributed by atoms with van der Waals surface area (Å²) in [7, 11) is 0. The van der Waals surface area contributed by atoms with E-state index in [1.807, 2.05) is 6.07 Å². The van der Waals surface area contributed by atoms with Crippen LogP contribution in [0.1, 0.15) is 22.8 Å². The first-order valence-corrected chi connectivity index (χ1v) is 5.79. The molecule has 0 saturated carbocycles. The summed E-state index contributed by atoms with van der Waals surface area (Å²) >= 11 is 0. The van der Waals surface area contributed by atoms with E-state index in [-0.39, 0.29) is 0 Å². The molecule has 4 nitrogen and oxygen atoms in total. The van der Waals surface area contributed by atoms with Crippen molar-refractivity contribution in [3.8, 4) is 12.3 Å². The summed E-state index contributed by atoms with van der Waals surface area (Å²) in [5.74, 6) is 3.75. The number of terminal acetylenes is 1. The second-order valence-corrected chi connectivity index (χ2v) is 4.08. The Morgan fingerprint density at radius 1 is 1.44 bits per heavy atom. The predicted molar refractivity (Wildman–Crippen MR) is 68.8 cm³/mol. The van der Waals surface area contributed by atoms with Gasteiger partial charge in [0.1, 0.15) is 0 Å². The minimum absolute atomic E-state index is 0.496. The highest BCUT2D eigenvalue weighted by molar-refractivity contribution is 5.24. The molecule has 1 N–H and O–H groups in total. The van der Waals surface area contributed by atoms with Crippen molar-refractivity contribution in [1.82, 2.24) is 15.5 Å². The van der Waals surface area contributed by atoms with Crippen LogP contribution in [-0.4, -0.2) is 16.7 Å². The zero-order valence-electron chi connectivity index (χ0n) is 10.3. The molecular weight excluding hydrogens is 226 g/mol. The van der Waals surface area contributed by atoms with Gasteiger partial charge >= 0.3 is 0 Å². The maximum Gasteiger partial charge on any atom is 0.240 e. The molecule has 0 spiro atoms. The molecule has 0 aliphatic heterocycles. The SMILES string of the molecule is C#CCNCc1nc(Cc2cccc(C)c2)no1. The van der Waals surface area contributed by atoms with E-state index in [2.05, 4.69) is 46.5 Å². The number of hydrogen-bond donors (Lipinski definition) is 1. The fourth-order valence-electron chi connectivity index (χ4n) is 1.68. The second-order valence-electron chi connectivity index (χ2n) is 4.08. The number of aryl methyl sites for hydroxylation is 1. The molecule has 0 radical (unpaired) electrons. The number of nitrogens with one attached hydrogen (secondary N) is 1. The van der Waals surface area contributed by atoms with E-state index in [9.17, 15) is 0 Å². The van der Waals surface area contributed by atoms with E-state index in [0.717, 1.165) is 0 Å². The highest BCUT2D eigenvalue weighted by Gasteiger charge is 2.06. The third kappa shape index (κ3) is 3.44. The number of rotatable bonds is 5. The number of benzene rings is 1. The summed E-state index contributed by atoms with van der Waals surface area (Å²) < 4.78 is 5.12. The maximum atomic E-state index is 5.14. The van der Waals surface area contributed by atoms with Crippen molar-refractivity contribution in [3.63, 3.8) is 0 Å². The van der Waals surface area contributed by atoms with E-state index in [1.165, 1.54) is 11.1 Å². The highest BCUT2D eigenvalue weighted by atomic mass is 16.5. The molecule has 0 fully saturated rings. The van der Waals surface area contributed by atoms with Crippen LogP contribution in [0, 0.1) is 19.3 Å². The third-order valence-corrected chi connectivity index (χ3v) is 2.46. The van der Waals surface area contributed by atoms with E-state index in [0.29, 0.717) is 31.2 Å². The highest BCUT2D eigenvalue weighted by Crippen LogP contribution is 2.09. The van der Waals surface area contributed by atoms with Crippen molar-refractivity contribution >= 4 is 0 Å². The summed E-state index contributed by atoms with van der Waals surface area (Å²) in [5, 5.41) is 6.95. The Hall–Kier alpha value is -2.12. The fraction of sp³-hybridized carbons (Fsp3) is 0.286. The van der Waals surface area contributed by atoms with Gasteiger partial charge in [0.25, 0.3) is 0 Å². The van der Waals surface area contributed by atoms with Crippen molar-refractivity contribution in [2.75, 3.05) is 6.54 Å². The molecule has 0 aliphatic carbocycles. The van der Waals surface area contributed by atoms with Gasteiger partial charge in [0, 0.05) is 6.42 Å². The van der Waals surface area contributed by atoms with E-state index in [4.69, 9.17) is 10.9 Å². The van der Waals surface area contributed by atoms with Crippen molar-refractivity contribution in [2.24, 2.45) is 0 Å². The Bertz CT molecular complexity index is 554. The lowest BCUT2D eigenvalue weighted by molar-refractivity contribution is 0.366. The van der Waals surface area contributed by atoms with Gasteiger partial charge in [-0.2, -0.15) is 4.98 Å². The van der Waals surface area contributed by atoms with Crippen molar-refractivity contribution in [1.29, 1.82) is 0 Å². The summed E-state index contributed by atoms with van der Waals surface area (Å²) in [6.45, 7) is 3.06. The Labute approximate surface area is 106 Å². The minimum atomic E-state index is 0.496. The van der Waals surface area contributed by atoms with Crippen molar-refractivity contribution < 1.29 is 4.52 Å². The lowest BCUT2D eigenvalue weighted by atomic mass is 10.1. The molecule has 18 heavy (non-hydrogen) atoms. The van der Waals surface area contributed by atoms with Crippen LogP contribution in [0.5, 0.6) is 0 Å². The van der Waals surface area contributed by atoms with E-state index >= 15 is 0 Å². The lowest BCUT2D eigenvalue weighted by Gasteiger charge is -1.97. The molecule has 1 heterocycles. The molecule has 92 valence electrons. The molecule has 0 atom stereocenters. The number of nitrogens with zero attached hydrogens (tertiary/aromatic N) is 2. The molecule has 0 unspecified atom stereocenters. The summed E-state index contributed by atoms with van der Waals surface area (Å²) in [6.07, 6.45) is 5.82. The van der Waals surface area contributed by atoms with Crippen LogP contribution in [0.25, 0.3) is 0 Å². The van der Waals surface area contributed by atoms with Gasteiger partial charge in [-0.25, -0.2) is 0 Å². The fourth-order valence-corrected chi connectivity index (χ4v) is 1.68. The number of hydrogen-bond acceptors (Lipinski definition) is 4. The zero-order chi connectivity index (χ0) is 12.8. The van der Waals surface area contributed by atoms with Crippen molar-refractivity contribution in [3.05, 3.63) is 47.1 Å². The van der Waals surface area contributed by atoms with Crippen LogP contribution in [0.2, 0.25) is 0 Å². The van der Waals surface area contributed by atoms with Crippen LogP contribution in [0.15, 0.2) is 28.8 Å². The first-order chi connectivity index (χ1) is 8.78. The monoisotopic (exact) mass is 241 g/mol. The van der Waals surface area contributed by atoms with Crippen LogP contribution in [-0.2, 0) is 13.0 Å². The average Bonchev–Trinajstić information content (AvgIpc) is 2.77. The second kappa shape index (κ2) is 5.99. The van der Waals surface area contributed by atoms with Gasteiger partial charge in [0.05, 0.1) is 13.1 Å². The summed E-state index contributed by atoms with van der Waals surface area (Å²) in [4.78, 5) is 4.30. The van der Waals surface area contributed by atoms with Crippen molar-refractivity contribution in [2.45, 2.75) is 19.9 Å². The van der Waals surface area contributed by atoms with Gasteiger partial charge < -0.3 is 4.52 Å². The third-order valence-electron chi connectivity index (χ3n) is 2.46. The number of aromatic nitrogens is 2. The zero-order valence-corrected chi connectivity index (χ0v) is 10.3. The molecule has 2 aromatic rings. The molecule has 2 rings (SSSR count). The maximum absolute atomic E-state index is 5.14. The average molecular weight is 241 g/mol. The van der Waals surface area contributed by atoms with Gasteiger partial charge in [-0.3, -0.25) is 5.32 Å². The van der Waals surface area contributed by atoms with Crippen LogP contribution in [0.4, 0.5) is 0 Å². The first-order valence-electron chi connectivity index (χ1n) is 5.79. The standard InChI is InChI=1S/C14H15N3O/c1-3-7-15-10-14-16-13(17-18-14)9-12-6-4-5-11(2)8-12/h1,4-6,8,15H,7,9-10H2,2H3. The molecular formula is C14H15N3O. The summed E-state index contributed by atoms with van der Waals surface area (Å²) in [5.41, 5.74) is 2.41. The Morgan fingerprint density at radius 3 is 3.11 bits per heavy atom. The normalized spacial score (nSPS) is 10.2. The minimum Gasteiger partial charge on any atom is -0.338 e. The largest absolute Gasteiger partial charge is 0.338 e. The molecule has 4 heteroatoms. The molecule has 0 bridgehead atoms. The molecule has 1 aromatic carbocycles. The Balaban J connectivity index is 1.96. The van der Waals surface area contributed by atoms with Crippen LogP contribution >= 0.6 is 0 Å². The Morgan fingerprint density at radius 2 is 2.33 bits per heavy atom. The summed E-state index contributed by atoms with van der Waals surface area (Å²) in [6, 6.07) is 8.27. The van der Waals surface area contributed by atoms with E-state index in [1.54, 1.807) is 0 Å². The van der Waals surface area contributed by atoms with Gasteiger partial charge in [-0.15, -0.1) is 6.42 Å². The Kier molecular flexibility index (Phi) is 4.11.